The number of carbonyl (C=O) groups excluding carboxylic acids is 3. The Labute approximate surface area is 177 Å². The normalized spacial score (nSPS) is 24.0. The van der Waals surface area contributed by atoms with E-state index in [0.717, 1.165) is 18.2 Å². The van der Waals surface area contributed by atoms with Crippen LogP contribution in [-0.2, 0) is 14.3 Å². The van der Waals surface area contributed by atoms with Crippen LogP contribution in [0.4, 0.5) is 13.2 Å². The number of para-hydroxylation sites is 1. The van der Waals surface area contributed by atoms with Gasteiger partial charge < -0.3 is 19.7 Å². The van der Waals surface area contributed by atoms with Gasteiger partial charge in [-0.1, -0.05) is 12.1 Å². The van der Waals surface area contributed by atoms with Crippen LogP contribution in [0.3, 0.4) is 0 Å². The first-order valence-corrected chi connectivity index (χ1v) is 9.72. The molecule has 2 amide bonds. The molecular weight excluding hydrogens is 417 g/mol. The van der Waals surface area contributed by atoms with Gasteiger partial charge in [0.25, 0.3) is 11.8 Å². The van der Waals surface area contributed by atoms with Crippen molar-refractivity contribution >= 4 is 17.6 Å². The molecule has 0 saturated carbocycles. The molecule has 0 bridgehead atoms. The highest BCUT2D eigenvalue weighted by Crippen LogP contribution is 2.45. The quantitative estimate of drug-likeness (QED) is 0.735. The second kappa shape index (κ2) is 8.33. The fraction of sp³-hybridized carbons (Fsp3) is 0.476. The van der Waals surface area contributed by atoms with Crippen LogP contribution >= 0.6 is 0 Å². The molecule has 10 heteroatoms. The van der Waals surface area contributed by atoms with Gasteiger partial charge in [0.05, 0.1) is 30.9 Å². The Hall–Kier alpha value is -2.88. The maximum atomic E-state index is 14.5. The predicted octanol–water partition coefficient (Wildman–Crippen LogP) is 2.61. The van der Waals surface area contributed by atoms with Gasteiger partial charge in [0.15, 0.2) is 5.78 Å². The number of hydrogen-bond acceptors (Lipinski definition) is 5. The van der Waals surface area contributed by atoms with Gasteiger partial charge in [-0.25, -0.2) is 0 Å². The number of halogens is 3. The summed E-state index contributed by atoms with van der Waals surface area (Å²) in [6, 6.07) is 5.67. The van der Waals surface area contributed by atoms with Gasteiger partial charge in [-0.3, -0.25) is 14.4 Å². The summed E-state index contributed by atoms with van der Waals surface area (Å²) in [7, 11) is 1.26. The van der Waals surface area contributed by atoms with E-state index in [9.17, 15) is 27.6 Å². The standard InChI is InChI=1S/C21H23F3N2O5/c1-12-17(13(2)27)20(21(22,23)24,19(29)26(12)11-14-7-6-10-31-14)25-18(28)15-8-4-5-9-16(15)30-3/h4-5,8-9,14H,6-7,10-11H2,1-3H3,(H,25,28)/t14-,20-/m1/s1. The van der Waals surface area contributed by atoms with Crippen LogP contribution in [0.25, 0.3) is 0 Å². The van der Waals surface area contributed by atoms with Crippen molar-refractivity contribution in [3.63, 3.8) is 0 Å². The first kappa shape index (κ1) is 22.8. The van der Waals surface area contributed by atoms with Crippen LogP contribution in [-0.4, -0.2) is 60.6 Å². The molecule has 0 spiro atoms. The summed E-state index contributed by atoms with van der Waals surface area (Å²) in [4.78, 5) is 39.3. The molecule has 31 heavy (non-hydrogen) atoms. The number of alkyl halides is 3. The summed E-state index contributed by atoms with van der Waals surface area (Å²) in [6.45, 7) is 2.53. The topological polar surface area (TPSA) is 84.9 Å². The maximum absolute atomic E-state index is 14.5. The number of ketones is 1. The molecule has 1 aromatic carbocycles. The minimum atomic E-state index is -5.27. The van der Waals surface area contributed by atoms with E-state index in [1.807, 2.05) is 5.32 Å². The first-order valence-electron chi connectivity index (χ1n) is 9.72. The van der Waals surface area contributed by atoms with E-state index < -0.39 is 41.0 Å². The van der Waals surface area contributed by atoms with Crippen molar-refractivity contribution in [1.82, 2.24) is 10.2 Å². The molecular formula is C21H23F3N2O5. The summed E-state index contributed by atoms with van der Waals surface area (Å²) >= 11 is 0. The van der Waals surface area contributed by atoms with E-state index in [0.29, 0.717) is 13.0 Å². The van der Waals surface area contributed by atoms with Gasteiger partial charge in [-0.2, -0.15) is 13.2 Å². The van der Waals surface area contributed by atoms with E-state index >= 15 is 0 Å². The highest BCUT2D eigenvalue weighted by Gasteiger charge is 2.70. The lowest BCUT2D eigenvalue weighted by atomic mass is 9.86. The molecule has 1 fully saturated rings. The minimum Gasteiger partial charge on any atom is -0.496 e. The number of Topliss-reactive ketones (excluding diaryl/α,β-unsaturated/α-hetero) is 1. The predicted molar refractivity (Wildman–Crippen MR) is 103 cm³/mol. The Morgan fingerprint density at radius 1 is 1.32 bits per heavy atom. The summed E-state index contributed by atoms with van der Waals surface area (Å²) in [6.07, 6.45) is -4.40. The number of nitrogens with one attached hydrogen (secondary N) is 1. The molecule has 1 saturated heterocycles. The van der Waals surface area contributed by atoms with E-state index in [4.69, 9.17) is 9.47 Å². The van der Waals surface area contributed by atoms with E-state index in [-0.39, 0.29) is 23.6 Å². The maximum Gasteiger partial charge on any atom is 0.425 e. The van der Waals surface area contributed by atoms with Crippen LogP contribution in [0.2, 0.25) is 0 Å². The zero-order valence-electron chi connectivity index (χ0n) is 17.3. The van der Waals surface area contributed by atoms with Gasteiger partial charge in [-0.05, 0) is 38.8 Å². The molecule has 0 radical (unpaired) electrons. The third kappa shape index (κ3) is 3.80. The molecule has 7 nitrogen and oxygen atoms in total. The lowest BCUT2D eigenvalue weighted by Gasteiger charge is -2.33. The van der Waals surface area contributed by atoms with Crippen molar-refractivity contribution in [1.29, 1.82) is 0 Å². The fourth-order valence-corrected chi connectivity index (χ4v) is 4.12. The summed E-state index contributed by atoms with van der Waals surface area (Å²) in [5.41, 5.74) is -4.64. The molecule has 1 N–H and O–H groups in total. The Morgan fingerprint density at radius 3 is 2.55 bits per heavy atom. The molecule has 168 valence electrons. The van der Waals surface area contributed by atoms with Crippen LogP contribution in [0, 0.1) is 0 Å². The number of amides is 2. The third-order valence-electron chi connectivity index (χ3n) is 5.55. The number of allylic oxidation sites excluding steroid dienone is 1. The van der Waals surface area contributed by atoms with Crippen molar-refractivity contribution in [3.05, 3.63) is 41.1 Å². The molecule has 2 heterocycles. The highest BCUT2D eigenvalue weighted by atomic mass is 19.4. The Morgan fingerprint density at radius 2 is 2.00 bits per heavy atom. The number of ether oxygens (including phenoxy) is 2. The molecule has 0 aromatic heterocycles. The SMILES string of the molecule is COc1ccccc1C(=O)N[C@@]1(C(F)(F)F)C(=O)N(C[C@H]2CCCO2)C(C)=C1C(C)=O. The van der Waals surface area contributed by atoms with Crippen molar-refractivity contribution in [2.45, 2.75) is 44.5 Å². The van der Waals surface area contributed by atoms with Crippen molar-refractivity contribution in [3.8, 4) is 5.75 Å². The number of nitrogens with zero attached hydrogens (tertiary/aromatic N) is 1. The number of rotatable bonds is 6. The van der Waals surface area contributed by atoms with Crippen molar-refractivity contribution < 1.29 is 37.0 Å². The molecule has 2 aliphatic rings. The lowest BCUT2D eigenvalue weighted by molar-refractivity contribution is -0.191. The molecule has 0 unspecified atom stereocenters. The number of benzene rings is 1. The Kier molecular flexibility index (Phi) is 6.13. The van der Waals surface area contributed by atoms with Gasteiger partial charge in [0, 0.05) is 12.3 Å². The van der Waals surface area contributed by atoms with E-state index in [1.54, 1.807) is 6.07 Å². The Balaban J connectivity index is 2.09. The summed E-state index contributed by atoms with van der Waals surface area (Å²) in [5, 5.41) is 1.84. The fourth-order valence-electron chi connectivity index (χ4n) is 4.12. The van der Waals surface area contributed by atoms with Crippen molar-refractivity contribution in [2.24, 2.45) is 0 Å². The smallest absolute Gasteiger partial charge is 0.425 e. The van der Waals surface area contributed by atoms with E-state index in [2.05, 4.69) is 0 Å². The lowest BCUT2D eigenvalue weighted by Crippen LogP contribution is -2.66. The van der Waals surface area contributed by atoms with Gasteiger partial charge in [0.2, 0.25) is 5.54 Å². The molecule has 3 rings (SSSR count). The molecule has 0 aliphatic carbocycles. The Bertz CT molecular complexity index is 937. The first-order chi connectivity index (χ1) is 14.5. The monoisotopic (exact) mass is 440 g/mol. The minimum absolute atomic E-state index is 0.0315. The number of carbonyl (C=O) groups is 3. The van der Waals surface area contributed by atoms with Gasteiger partial charge in [-0.15, -0.1) is 0 Å². The molecule has 2 aliphatic heterocycles. The van der Waals surface area contributed by atoms with Crippen molar-refractivity contribution in [2.75, 3.05) is 20.3 Å². The largest absolute Gasteiger partial charge is 0.496 e. The highest BCUT2D eigenvalue weighted by molar-refractivity contribution is 6.13. The average molecular weight is 440 g/mol. The van der Waals surface area contributed by atoms with Crippen LogP contribution in [0.15, 0.2) is 35.5 Å². The zero-order chi connectivity index (χ0) is 23.0. The molecule has 1 aromatic rings. The van der Waals surface area contributed by atoms with E-state index in [1.165, 1.54) is 32.2 Å². The average Bonchev–Trinajstić information content (AvgIpc) is 3.29. The van der Waals surface area contributed by atoms with Crippen LogP contribution in [0.1, 0.15) is 37.0 Å². The second-order valence-electron chi connectivity index (χ2n) is 7.47. The van der Waals surface area contributed by atoms with Gasteiger partial charge >= 0.3 is 6.18 Å². The summed E-state index contributed by atoms with van der Waals surface area (Å²) in [5.74, 6) is -3.54. The zero-order valence-corrected chi connectivity index (χ0v) is 17.3. The molecule has 2 atom stereocenters. The van der Waals surface area contributed by atoms with Crippen LogP contribution < -0.4 is 10.1 Å². The van der Waals surface area contributed by atoms with Crippen LogP contribution in [0.5, 0.6) is 5.75 Å². The van der Waals surface area contributed by atoms with Gasteiger partial charge in [0.1, 0.15) is 5.75 Å². The number of hydrogen-bond donors (Lipinski definition) is 1. The number of methoxy groups -OCH3 is 1. The third-order valence-corrected chi connectivity index (χ3v) is 5.55. The second-order valence-corrected chi connectivity index (χ2v) is 7.47. The summed E-state index contributed by atoms with van der Waals surface area (Å²) < 4.78 is 54.0.